The average molecular weight is 466 g/mol. The Hall–Kier alpha value is -0.880. The summed E-state index contributed by atoms with van der Waals surface area (Å²) in [6.45, 7) is 1.50. The molecule has 2 aliphatic rings. The van der Waals surface area contributed by atoms with Gasteiger partial charge in [-0.2, -0.15) is 4.98 Å². The number of hydrogen-bond donors (Lipinski definition) is 4. The number of rotatable bonds is 6. The highest BCUT2D eigenvalue weighted by atomic mass is 35.5. The number of fused-ring (bicyclic) bond motifs is 1. The summed E-state index contributed by atoms with van der Waals surface area (Å²) < 4.78 is 21.6. The Morgan fingerprint density at radius 1 is 1.28 bits per heavy atom. The van der Waals surface area contributed by atoms with E-state index in [1.807, 2.05) is 5.38 Å². The summed E-state index contributed by atoms with van der Waals surface area (Å²) in [5.74, 6) is 0.745. The van der Waals surface area contributed by atoms with E-state index in [0.717, 1.165) is 37.1 Å². The Bertz CT molecular complexity index is 935. The van der Waals surface area contributed by atoms with E-state index in [9.17, 15) is 14.8 Å². The molecule has 2 aromatic rings. The molecule has 0 unspecified atom stereocenters. The number of halogens is 1. The normalized spacial score (nSPS) is 28.0. The third-order valence-corrected chi connectivity index (χ3v) is 6.72. The molecule has 160 valence electrons. The molecular formula is C16H21ClN3O7PS. The molecule has 0 spiro atoms. The molecule has 0 amide bonds. The van der Waals surface area contributed by atoms with Gasteiger partial charge in [-0.1, -0.05) is 0 Å². The van der Waals surface area contributed by atoms with Gasteiger partial charge in [-0.05, 0) is 24.4 Å². The van der Waals surface area contributed by atoms with Crippen molar-refractivity contribution >= 4 is 47.3 Å². The van der Waals surface area contributed by atoms with Crippen LogP contribution in [0.5, 0.6) is 0 Å². The number of aliphatic hydroxyl groups is 2. The van der Waals surface area contributed by atoms with Crippen LogP contribution in [0.15, 0.2) is 5.38 Å². The molecule has 2 fully saturated rings. The van der Waals surface area contributed by atoms with Crippen molar-refractivity contribution in [3.8, 4) is 0 Å². The van der Waals surface area contributed by atoms with Crippen molar-refractivity contribution in [3.05, 3.63) is 15.5 Å². The molecule has 0 saturated carbocycles. The van der Waals surface area contributed by atoms with E-state index in [2.05, 4.69) is 14.9 Å². The highest BCUT2D eigenvalue weighted by molar-refractivity contribution is 7.51. The summed E-state index contributed by atoms with van der Waals surface area (Å²) in [6.07, 6.45) is -2.96. The van der Waals surface area contributed by atoms with Crippen molar-refractivity contribution in [2.45, 2.75) is 37.3 Å². The molecule has 2 aromatic heterocycles. The first-order valence-corrected chi connectivity index (χ1v) is 12.1. The van der Waals surface area contributed by atoms with Crippen molar-refractivity contribution in [1.82, 2.24) is 9.97 Å². The Morgan fingerprint density at radius 3 is 2.69 bits per heavy atom. The first kappa shape index (κ1) is 21.4. The Labute approximate surface area is 175 Å². The molecule has 13 heteroatoms. The second-order valence-corrected chi connectivity index (χ2v) is 9.95. The van der Waals surface area contributed by atoms with Crippen molar-refractivity contribution in [3.63, 3.8) is 0 Å². The van der Waals surface area contributed by atoms with Crippen LogP contribution >= 0.6 is 30.5 Å². The lowest BCUT2D eigenvalue weighted by atomic mass is 10.1. The molecule has 0 aromatic carbocycles. The van der Waals surface area contributed by atoms with Crippen LogP contribution in [0, 0.1) is 0 Å². The Kier molecular flexibility index (Phi) is 6.14. The predicted octanol–water partition coefficient (Wildman–Crippen LogP) is 1.26. The van der Waals surface area contributed by atoms with Crippen molar-refractivity contribution < 1.29 is 34.0 Å². The van der Waals surface area contributed by atoms with Gasteiger partial charge in [0.05, 0.1) is 22.4 Å². The van der Waals surface area contributed by atoms with Crippen LogP contribution in [0.1, 0.15) is 23.8 Å². The molecule has 4 heterocycles. The monoisotopic (exact) mass is 465 g/mol. The van der Waals surface area contributed by atoms with E-state index >= 15 is 0 Å². The summed E-state index contributed by atoms with van der Waals surface area (Å²) in [5.41, 5.74) is 0.560. The van der Waals surface area contributed by atoms with Crippen LogP contribution in [-0.2, 0) is 14.0 Å². The smallest absolute Gasteiger partial charge is 0.350 e. The zero-order valence-corrected chi connectivity index (χ0v) is 17.7. The van der Waals surface area contributed by atoms with Gasteiger partial charge in [0.1, 0.15) is 36.6 Å². The number of aromatic nitrogens is 2. The molecule has 2 aliphatic heterocycles. The maximum Gasteiger partial charge on any atom is 0.350 e. The van der Waals surface area contributed by atoms with E-state index in [1.54, 1.807) is 0 Å². The van der Waals surface area contributed by atoms with Crippen LogP contribution < -0.4 is 4.90 Å². The van der Waals surface area contributed by atoms with E-state index in [-0.39, 0.29) is 11.9 Å². The maximum absolute atomic E-state index is 10.9. The largest absolute Gasteiger partial charge is 0.387 e. The first-order valence-electron chi connectivity index (χ1n) is 9.08. The minimum absolute atomic E-state index is 0.0913. The Morgan fingerprint density at radius 2 is 2.00 bits per heavy atom. The van der Waals surface area contributed by atoms with Crippen molar-refractivity contribution in [2.75, 3.05) is 30.9 Å². The molecule has 4 rings (SSSR count). The molecule has 4 atom stereocenters. The lowest BCUT2D eigenvalue weighted by Crippen LogP contribution is -2.33. The zero-order chi connectivity index (χ0) is 20.8. The average Bonchev–Trinajstić information content (AvgIpc) is 3.36. The molecular weight excluding hydrogens is 445 g/mol. The lowest BCUT2D eigenvalue weighted by Gasteiger charge is -2.18. The zero-order valence-electron chi connectivity index (χ0n) is 15.2. The standard InChI is InChI=1S/C16H21ClN3O7PS/c17-16-18-10-8(15(19-16)20-3-1-2-4-20)6-29-14(10)13-12(22)11(21)9(27-13)5-26-7-28(23,24)25/h6,9,11-13,21-22H,1-5,7H2,(H2,23,24,25)/t9-,11-,12-,13-/m1/s1. The number of ether oxygens (including phenoxy) is 2. The minimum atomic E-state index is -4.33. The van der Waals surface area contributed by atoms with Crippen LogP contribution in [0.2, 0.25) is 5.28 Å². The molecule has 0 bridgehead atoms. The summed E-state index contributed by atoms with van der Waals surface area (Å²) in [6, 6.07) is 0. The second kappa shape index (κ2) is 8.33. The number of thiophene rings is 1. The summed E-state index contributed by atoms with van der Waals surface area (Å²) in [4.78, 5) is 29.2. The summed E-state index contributed by atoms with van der Waals surface area (Å²) in [7, 11) is -4.33. The van der Waals surface area contributed by atoms with E-state index in [1.165, 1.54) is 11.3 Å². The lowest BCUT2D eigenvalue weighted by molar-refractivity contribution is -0.0380. The van der Waals surface area contributed by atoms with E-state index in [0.29, 0.717) is 10.4 Å². The van der Waals surface area contributed by atoms with Crippen LogP contribution in [-0.4, -0.2) is 74.3 Å². The highest BCUT2D eigenvalue weighted by Gasteiger charge is 2.45. The van der Waals surface area contributed by atoms with Gasteiger partial charge in [-0.15, -0.1) is 11.3 Å². The number of aliphatic hydroxyl groups excluding tert-OH is 2. The second-order valence-electron chi connectivity index (χ2n) is 7.11. The van der Waals surface area contributed by atoms with Gasteiger partial charge in [0.2, 0.25) is 5.28 Å². The summed E-state index contributed by atoms with van der Waals surface area (Å²) in [5, 5.41) is 23.6. The first-order chi connectivity index (χ1) is 13.7. The Balaban J connectivity index is 1.58. The predicted molar refractivity (Wildman–Crippen MR) is 106 cm³/mol. The highest BCUT2D eigenvalue weighted by Crippen LogP contribution is 2.43. The molecule has 0 aliphatic carbocycles. The van der Waals surface area contributed by atoms with Crippen LogP contribution in [0.4, 0.5) is 5.82 Å². The van der Waals surface area contributed by atoms with Gasteiger partial charge in [0, 0.05) is 18.5 Å². The molecule has 29 heavy (non-hydrogen) atoms. The van der Waals surface area contributed by atoms with Gasteiger partial charge in [0.15, 0.2) is 0 Å². The number of nitrogens with zero attached hydrogens (tertiary/aromatic N) is 3. The fourth-order valence-electron chi connectivity index (χ4n) is 3.67. The quantitative estimate of drug-likeness (QED) is 0.363. The van der Waals surface area contributed by atoms with E-state index < -0.39 is 38.4 Å². The minimum Gasteiger partial charge on any atom is -0.387 e. The maximum atomic E-state index is 10.9. The molecule has 4 N–H and O–H groups in total. The van der Waals surface area contributed by atoms with E-state index in [4.69, 9.17) is 30.9 Å². The number of anilines is 1. The van der Waals surface area contributed by atoms with Gasteiger partial charge in [0.25, 0.3) is 0 Å². The van der Waals surface area contributed by atoms with Crippen molar-refractivity contribution in [2.24, 2.45) is 0 Å². The van der Waals surface area contributed by atoms with Gasteiger partial charge in [-0.3, -0.25) is 4.57 Å². The van der Waals surface area contributed by atoms with Gasteiger partial charge >= 0.3 is 7.60 Å². The summed E-state index contributed by atoms with van der Waals surface area (Å²) >= 11 is 7.48. The topological polar surface area (TPSA) is 145 Å². The van der Waals surface area contributed by atoms with Crippen LogP contribution in [0.25, 0.3) is 10.9 Å². The third kappa shape index (κ3) is 4.43. The fourth-order valence-corrected chi connectivity index (χ4v) is 5.23. The molecule has 10 nitrogen and oxygen atoms in total. The SMILES string of the molecule is O=P(O)(O)COC[C@H]1O[C@@H](c2scc3c(N4CCCC4)nc(Cl)nc23)[C@H](O)[C@@H]1O. The fraction of sp³-hybridized carbons (Fsp3) is 0.625. The third-order valence-electron chi connectivity index (χ3n) is 5.00. The van der Waals surface area contributed by atoms with Crippen molar-refractivity contribution in [1.29, 1.82) is 0 Å². The molecule has 0 radical (unpaired) electrons. The number of hydrogen-bond acceptors (Lipinski definition) is 9. The van der Waals surface area contributed by atoms with Gasteiger partial charge < -0.3 is 34.4 Å². The molecule has 2 saturated heterocycles. The van der Waals surface area contributed by atoms with Gasteiger partial charge in [-0.25, -0.2) is 4.98 Å². The van der Waals surface area contributed by atoms with Crippen LogP contribution in [0.3, 0.4) is 0 Å².